The van der Waals surface area contributed by atoms with Crippen molar-refractivity contribution in [3.8, 4) is 5.75 Å². The van der Waals surface area contributed by atoms with Gasteiger partial charge >= 0.3 is 5.97 Å². The minimum atomic E-state index is -0.995. The second kappa shape index (κ2) is 8.25. The zero-order chi connectivity index (χ0) is 15.9. The van der Waals surface area contributed by atoms with Gasteiger partial charge in [0, 0.05) is 6.07 Å². The van der Waals surface area contributed by atoms with Gasteiger partial charge < -0.3 is 4.74 Å². The van der Waals surface area contributed by atoms with Crippen LogP contribution in [0.15, 0.2) is 18.2 Å². The van der Waals surface area contributed by atoms with Crippen molar-refractivity contribution < 1.29 is 18.3 Å². The van der Waals surface area contributed by atoms with Crippen LogP contribution in [0.25, 0.3) is 0 Å². The molecule has 1 aromatic carbocycles. The molecular formula is C18H24F2O2. The van der Waals surface area contributed by atoms with Crippen molar-refractivity contribution in [2.45, 2.75) is 58.3 Å². The second-order valence-corrected chi connectivity index (χ2v) is 6.21. The molecule has 22 heavy (non-hydrogen) atoms. The predicted molar refractivity (Wildman–Crippen MR) is 81.6 cm³/mol. The lowest BCUT2D eigenvalue weighted by Gasteiger charge is -2.27. The van der Waals surface area contributed by atoms with Crippen LogP contribution in [0, 0.1) is 23.5 Å². The molecule has 1 saturated carbocycles. The lowest BCUT2D eigenvalue weighted by molar-refractivity contribution is -0.140. The maximum Gasteiger partial charge on any atom is 0.314 e. The molecule has 0 unspecified atom stereocenters. The van der Waals surface area contributed by atoms with E-state index in [1.807, 2.05) is 0 Å². The van der Waals surface area contributed by atoms with E-state index >= 15 is 0 Å². The molecule has 1 aromatic rings. The summed E-state index contributed by atoms with van der Waals surface area (Å²) in [5.74, 6) is -1.57. The van der Waals surface area contributed by atoms with Crippen LogP contribution in [-0.2, 0) is 4.79 Å². The van der Waals surface area contributed by atoms with Crippen LogP contribution in [0.4, 0.5) is 8.78 Å². The summed E-state index contributed by atoms with van der Waals surface area (Å²) in [6.07, 6.45) is 8.80. The van der Waals surface area contributed by atoms with Gasteiger partial charge in [-0.25, -0.2) is 8.78 Å². The van der Waals surface area contributed by atoms with E-state index in [1.54, 1.807) is 0 Å². The molecular weight excluding hydrogens is 286 g/mol. The average Bonchev–Trinajstić information content (AvgIpc) is 2.52. The largest absolute Gasteiger partial charge is 0.426 e. The number of hydrogen-bond donors (Lipinski definition) is 0. The van der Waals surface area contributed by atoms with Crippen LogP contribution in [0.5, 0.6) is 5.75 Å². The van der Waals surface area contributed by atoms with Crippen molar-refractivity contribution in [1.29, 1.82) is 0 Å². The van der Waals surface area contributed by atoms with E-state index in [0.29, 0.717) is 0 Å². The summed E-state index contributed by atoms with van der Waals surface area (Å²) in [5, 5.41) is 0. The molecule has 0 radical (unpaired) electrons. The quantitative estimate of drug-likeness (QED) is 0.407. The standard InChI is InChI=1S/C18H24F2O2/c1-2-3-4-5-13-6-8-14(9-7-13)18(21)22-15-10-11-16(19)17(20)12-15/h10-14H,2-9H2,1H3/t13-,14-. The first-order valence-corrected chi connectivity index (χ1v) is 8.27. The molecule has 122 valence electrons. The Morgan fingerprint density at radius 1 is 1.14 bits per heavy atom. The van der Waals surface area contributed by atoms with E-state index < -0.39 is 11.6 Å². The Balaban J connectivity index is 1.78. The van der Waals surface area contributed by atoms with Gasteiger partial charge in [-0.15, -0.1) is 0 Å². The van der Waals surface area contributed by atoms with Gasteiger partial charge in [-0.1, -0.05) is 32.6 Å². The van der Waals surface area contributed by atoms with E-state index in [9.17, 15) is 13.6 Å². The molecule has 0 heterocycles. The van der Waals surface area contributed by atoms with Crippen LogP contribution in [-0.4, -0.2) is 5.97 Å². The third-order valence-electron chi connectivity index (χ3n) is 4.51. The number of halogens is 2. The summed E-state index contributed by atoms with van der Waals surface area (Å²) in [7, 11) is 0. The van der Waals surface area contributed by atoms with Crippen LogP contribution >= 0.6 is 0 Å². The number of benzene rings is 1. The van der Waals surface area contributed by atoms with Gasteiger partial charge in [-0.05, 0) is 43.7 Å². The van der Waals surface area contributed by atoms with Crippen LogP contribution in [0.2, 0.25) is 0 Å². The summed E-state index contributed by atoms with van der Waals surface area (Å²) in [6, 6.07) is 3.18. The van der Waals surface area contributed by atoms with Crippen LogP contribution in [0.1, 0.15) is 58.3 Å². The van der Waals surface area contributed by atoms with Crippen molar-refractivity contribution in [1.82, 2.24) is 0 Å². The summed E-state index contributed by atoms with van der Waals surface area (Å²) < 4.78 is 31.1. The molecule has 1 aliphatic carbocycles. The van der Waals surface area contributed by atoms with Crippen LogP contribution in [0.3, 0.4) is 0 Å². The first-order chi connectivity index (χ1) is 10.6. The Bertz CT molecular complexity index is 494. The van der Waals surface area contributed by atoms with Crippen molar-refractivity contribution in [3.63, 3.8) is 0 Å². The minimum absolute atomic E-state index is 0.0777. The highest BCUT2D eigenvalue weighted by molar-refractivity contribution is 5.75. The predicted octanol–water partition coefficient (Wildman–Crippen LogP) is 5.26. The van der Waals surface area contributed by atoms with Crippen LogP contribution < -0.4 is 4.74 Å². The fourth-order valence-corrected chi connectivity index (χ4v) is 3.11. The zero-order valence-electron chi connectivity index (χ0n) is 13.1. The molecule has 0 saturated heterocycles. The van der Waals surface area contributed by atoms with Crippen molar-refractivity contribution >= 4 is 5.97 Å². The van der Waals surface area contributed by atoms with Gasteiger partial charge in [-0.2, -0.15) is 0 Å². The maximum atomic E-state index is 13.1. The van der Waals surface area contributed by atoms with Crippen molar-refractivity contribution in [3.05, 3.63) is 29.8 Å². The van der Waals surface area contributed by atoms with Gasteiger partial charge in [0.15, 0.2) is 11.6 Å². The van der Waals surface area contributed by atoms with E-state index in [0.717, 1.165) is 43.7 Å². The highest BCUT2D eigenvalue weighted by Crippen LogP contribution is 2.33. The highest BCUT2D eigenvalue weighted by atomic mass is 19.2. The molecule has 2 rings (SSSR count). The smallest absolute Gasteiger partial charge is 0.314 e. The maximum absolute atomic E-state index is 13.1. The lowest BCUT2D eigenvalue weighted by atomic mass is 9.80. The van der Waals surface area contributed by atoms with E-state index in [4.69, 9.17) is 4.74 Å². The SMILES string of the molecule is CCCCC[C@H]1CC[C@H](C(=O)Oc2ccc(F)c(F)c2)CC1. The first kappa shape index (κ1) is 16.9. The molecule has 1 fully saturated rings. The molecule has 0 aliphatic heterocycles. The molecule has 1 aliphatic rings. The van der Waals surface area contributed by atoms with Gasteiger partial charge in [0.25, 0.3) is 0 Å². The molecule has 0 N–H and O–H groups in total. The molecule has 4 heteroatoms. The number of esters is 1. The average molecular weight is 310 g/mol. The summed E-state index contributed by atoms with van der Waals surface area (Å²) in [6.45, 7) is 2.20. The summed E-state index contributed by atoms with van der Waals surface area (Å²) >= 11 is 0. The Morgan fingerprint density at radius 3 is 2.50 bits per heavy atom. The molecule has 0 amide bonds. The van der Waals surface area contributed by atoms with E-state index in [-0.39, 0.29) is 17.6 Å². The second-order valence-electron chi connectivity index (χ2n) is 6.21. The number of carbonyl (C=O) groups excluding carboxylic acids is 1. The topological polar surface area (TPSA) is 26.3 Å². The van der Waals surface area contributed by atoms with Gasteiger partial charge in [0.2, 0.25) is 0 Å². The lowest BCUT2D eigenvalue weighted by Crippen LogP contribution is -2.25. The van der Waals surface area contributed by atoms with E-state index in [2.05, 4.69) is 6.92 Å². The monoisotopic (exact) mass is 310 g/mol. The number of rotatable bonds is 6. The molecule has 0 aromatic heterocycles. The molecule has 2 nitrogen and oxygen atoms in total. The number of carbonyl (C=O) groups is 1. The molecule has 0 spiro atoms. The third kappa shape index (κ3) is 4.79. The fourth-order valence-electron chi connectivity index (χ4n) is 3.11. The summed E-state index contributed by atoms with van der Waals surface area (Å²) in [4.78, 5) is 12.1. The van der Waals surface area contributed by atoms with Crippen molar-refractivity contribution in [2.24, 2.45) is 11.8 Å². The Labute approximate surface area is 130 Å². The molecule has 0 atom stereocenters. The van der Waals surface area contributed by atoms with Gasteiger partial charge in [-0.3, -0.25) is 4.79 Å². The molecule has 0 bridgehead atoms. The number of ether oxygens (including phenoxy) is 1. The zero-order valence-corrected chi connectivity index (χ0v) is 13.1. The Morgan fingerprint density at radius 2 is 1.86 bits per heavy atom. The van der Waals surface area contributed by atoms with Gasteiger partial charge in [0.1, 0.15) is 5.75 Å². The normalized spacial score (nSPS) is 21.6. The minimum Gasteiger partial charge on any atom is -0.426 e. The third-order valence-corrected chi connectivity index (χ3v) is 4.51. The van der Waals surface area contributed by atoms with Gasteiger partial charge in [0.05, 0.1) is 5.92 Å². The fraction of sp³-hybridized carbons (Fsp3) is 0.611. The summed E-state index contributed by atoms with van der Waals surface area (Å²) in [5.41, 5.74) is 0. The number of unbranched alkanes of at least 4 members (excludes halogenated alkanes) is 2. The Hall–Kier alpha value is -1.45. The highest BCUT2D eigenvalue weighted by Gasteiger charge is 2.27. The van der Waals surface area contributed by atoms with E-state index in [1.165, 1.54) is 31.7 Å². The number of hydrogen-bond acceptors (Lipinski definition) is 2. The van der Waals surface area contributed by atoms with Crippen molar-refractivity contribution in [2.75, 3.05) is 0 Å². The Kier molecular flexibility index (Phi) is 6.34. The first-order valence-electron chi connectivity index (χ1n) is 8.27.